The summed E-state index contributed by atoms with van der Waals surface area (Å²) in [7, 11) is 0. The van der Waals surface area contributed by atoms with E-state index >= 15 is 0 Å². The van der Waals surface area contributed by atoms with Crippen LogP contribution in [0.5, 0.6) is 0 Å². The third kappa shape index (κ3) is 9.68. The number of hydrogen-bond donors (Lipinski definition) is 1. The first-order valence-corrected chi connectivity index (χ1v) is 5.70. The molecule has 5 nitrogen and oxygen atoms in total. The highest BCUT2D eigenvalue weighted by Crippen LogP contribution is 2.09. The van der Waals surface area contributed by atoms with E-state index in [2.05, 4.69) is 0 Å². The normalized spacial score (nSPS) is 11.1. The summed E-state index contributed by atoms with van der Waals surface area (Å²) in [5.74, 6) is -0.872. The van der Waals surface area contributed by atoms with Crippen molar-refractivity contribution in [3.05, 3.63) is 0 Å². The molecule has 5 heteroatoms. The Balaban J connectivity index is 3.87. The number of hydrogen-bond acceptors (Lipinski definition) is 5. The lowest BCUT2D eigenvalue weighted by molar-refractivity contribution is -0.156. The van der Waals surface area contributed by atoms with Gasteiger partial charge in [0.2, 0.25) is 0 Å². The second-order valence-electron chi connectivity index (χ2n) is 4.88. The molecular weight excluding hydrogens is 222 g/mol. The minimum absolute atomic E-state index is 0.0509. The van der Waals surface area contributed by atoms with Gasteiger partial charge in [-0.15, -0.1) is 0 Å². The molecule has 17 heavy (non-hydrogen) atoms. The van der Waals surface area contributed by atoms with Gasteiger partial charge >= 0.3 is 5.97 Å². The van der Waals surface area contributed by atoms with Crippen molar-refractivity contribution < 1.29 is 19.1 Å². The van der Waals surface area contributed by atoms with Crippen LogP contribution in [0.15, 0.2) is 0 Å². The smallest absolute Gasteiger partial charge is 0.313 e. The van der Waals surface area contributed by atoms with Crippen molar-refractivity contribution in [3.8, 4) is 0 Å². The topological polar surface area (TPSA) is 86.5 Å². The lowest BCUT2D eigenvalue weighted by Gasteiger charge is -2.19. The van der Waals surface area contributed by atoms with Crippen molar-refractivity contribution in [3.63, 3.8) is 0 Å². The highest BCUT2D eigenvalue weighted by atomic mass is 16.6. The maximum Gasteiger partial charge on any atom is 0.313 e. The summed E-state index contributed by atoms with van der Waals surface area (Å²) in [5, 5.41) is 0. The first kappa shape index (κ1) is 15.8. The number of carbonyl (C=O) groups excluding carboxylic acids is 3. The van der Waals surface area contributed by atoms with Gasteiger partial charge in [0.1, 0.15) is 23.6 Å². The van der Waals surface area contributed by atoms with E-state index in [1.165, 1.54) is 0 Å². The fourth-order valence-corrected chi connectivity index (χ4v) is 1.19. The van der Waals surface area contributed by atoms with E-state index in [1.54, 1.807) is 20.8 Å². The summed E-state index contributed by atoms with van der Waals surface area (Å²) >= 11 is 0. The quantitative estimate of drug-likeness (QED) is 0.532. The Hall–Kier alpha value is -1.23. The van der Waals surface area contributed by atoms with Gasteiger partial charge in [-0.1, -0.05) is 0 Å². The first-order valence-electron chi connectivity index (χ1n) is 5.70. The lowest BCUT2D eigenvalue weighted by atomic mass is 10.1. The average molecular weight is 243 g/mol. The zero-order valence-corrected chi connectivity index (χ0v) is 10.7. The van der Waals surface area contributed by atoms with Gasteiger partial charge in [-0.2, -0.15) is 0 Å². The van der Waals surface area contributed by atoms with Gasteiger partial charge < -0.3 is 10.5 Å². The van der Waals surface area contributed by atoms with Gasteiger partial charge in [-0.05, 0) is 27.3 Å². The summed E-state index contributed by atoms with van der Waals surface area (Å²) < 4.78 is 5.00. The number of ether oxygens (including phenoxy) is 1. The van der Waals surface area contributed by atoms with Crippen molar-refractivity contribution in [2.45, 2.75) is 52.1 Å². The summed E-state index contributed by atoms with van der Waals surface area (Å²) in [6.07, 6.45) is 0.240. The molecule has 0 bridgehead atoms. The molecule has 0 fully saturated rings. The predicted molar refractivity (Wildman–Crippen MR) is 63.4 cm³/mol. The molecule has 2 N–H and O–H groups in total. The highest BCUT2D eigenvalue weighted by Gasteiger charge is 2.19. The minimum Gasteiger partial charge on any atom is -0.460 e. The van der Waals surface area contributed by atoms with Crippen molar-refractivity contribution in [2.24, 2.45) is 5.73 Å². The third-order valence-electron chi connectivity index (χ3n) is 1.87. The SMILES string of the molecule is CC(C)(C)OC(=O)CC(=O)CCC(=O)CCN. The molecule has 0 aromatic rings. The van der Waals surface area contributed by atoms with E-state index in [-0.39, 0.29) is 37.2 Å². The van der Waals surface area contributed by atoms with E-state index in [0.717, 1.165) is 0 Å². The van der Waals surface area contributed by atoms with Crippen LogP contribution in [0, 0.1) is 0 Å². The molecule has 0 aromatic carbocycles. The van der Waals surface area contributed by atoms with Crippen LogP contribution in [0.25, 0.3) is 0 Å². The van der Waals surface area contributed by atoms with Crippen LogP contribution in [-0.2, 0) is 19.1 Å². The lowest BCUT2D eigenvalue weighted by Crippen LogP contribution is -2.25. The van der Waals surface area contributed by atoms with E-state index in [1.807, 2.05) is 0 Å². The molecule has 0 aliphatic carbocycles. The van der Waals surface area contributed by atoms with Crippen LogP contribution in [0.3, 0.4) is 0 Å². The standard InChI is InChI=1S/C12H21NO4/c1-12(2,3)17-11(16)8-10(15)5-4-9(14)6-7-13/h4-8,13H2,1-3H3. The van der Waals surface area contributed by atoms with Gasteiger partial charge in [0.05, 0.1) is 0 Å². The highest BCUT2D eigenvalue weighted by molar-refractivity contribution is 5.97. The molecule has 0 atom stereocenters. The molecule has 0 aliphatic heterocycles. The minimum atomic E-state index is -0.591. The molecule has 98 valence electrons. The summed E-state index contributed by atoms with van der Waals surface area (Å²) in [5.41, 5.74) is 4.62. The van der Waals surface area contributed by atoms with E-state index in [0.29, 0.717) is 6.54 Å². The van der Waals surface area contributed by atoms with Gasteiger partial charge in [0, 0.05) is 19.3 Å². The second-order valence-corrected chi connectivity index (χ2v) is 4.88. The van der Waals surface area contributed by atoms with Crippen LogP contribution < -0.4 is 5.73 Å². The first-order chi connectivity index (χ1) is 7.74. The van der Waals surface area contributed by atoms with Crippen LogP contribution in [0.1, 0.15) is 46.5 Å². The Labute approximate surface area is 102 Å². The Bertz CT molecular complexity index is 291. The molecule has 0 aliphatic rings. The summed E-state index contributed by atoms with van der Waals surface area (Å²) in [4.78, 5) is 33.8. The monoisotopic (exact) mass is 243 g/mol. The Morgan fingerprint density at radius 2 is 1.53 bits per heavy atom. The van der Waals surface area contributed by atoms with Crippen molar-refractivity contribution in [1.82, 2.24) is 0 Å². The summed E-state index contributed by atoms with van der Waals surface area (Å²) in [6.45, 7) is 5.50. The number of esters is 1. The van der Waals surface area contributed by atoms with Crippen LogP contribution in [-0.4, -0.2) is 29.7 Å². The molecule has 0 spiro atoms. The summed E-state index contributed by atoms with van der Waals surface area (Å²) in [6, 6.07) is 0. The average Bonchev–Trinajstić information content (AvgIpc) is 2.12. The van der Waals surface area contributed by atoms with Crippen LogP contribution in [0.4, 0.5) is 0 Å². The number of carbonyl (C=O) groups is 3. The fraction of sp³-hybridized carbons (Fsp3) is 0.750. The zero-order chi connectivity index (χ0) is 13.5. The van der Waals surface area contributed by atoms with Crippen molar-refractivity contribution in [2.75, 3.05) is 6.54 Å². The Morgan fingerprint density at radius 1 is 1.00 bits per heavy atom. The maximum absolute atomic E-state index is 11.4. The van der Waals surface area contributed by atoms with Gasteiger partial charge in [0.25, 0.3) is 0 Å². The third-order valence-corrected chi connectivity index (χ3v) is 1.87. The van der Waals surface area contributed by atoms with Gasteiger partial charge in [0.15, 0.2) is 0 Å². The predicted octanol–water partition coefficient (Wildman–Crippen LogP) is 0.985. The van der Waals surface area contributed by atoms with Gasteiger partial charge in [-0.3, -0.25) is 14.4 Å². The molecule has 0 unspecified atom stereocenters. The molecule has 0 amide bonds. The van der Waals surface area contributed by atoms with E-state index in [9.17, 15) is 14.4 Å². The molecular formula is C12H21NO4. The van der Waals surface area contributed by atoms with Gasteiger partial charge in [-0.25, -0.2) is 0 Å². The van der Waals surface area contributed by atoms with Crippen molar-refractivity contribution >= 4 is 17.5 Å². The molecule has 0 aromatic heterocycles. The van der Waals surface area contributed by atoms with E-state index < -0.39 is 11.6 Å². The molecule has 0 rings (SSSR count). The molecule has 0 heterocycles. The molecule has 0 saturated carbocycles. The van der Waals surface area contributed by atoms with Crippen molar-refractivity contribution in [1.29, 1.82) is 0 Å². The fourth-order valence-electron chi connectivity index (χ4n) is 1.19. The number of nitrogens with two attached hydrogens (primary N) is 1. The number of ketones is 2. The largest absolute Gasteiger partial charge is 0.460 e. The maximum atomic E-state index is 11.4. The molecule has 0 saturated heterocycles. The van der Waals surface area contributed by atoms with Crippen LogP contribution >= 0.6 is 0 Å². The zero-order valence-electron chi connectivity index (χ0n) is 10.7. The van der Waals surface area contributed by atoms with Crippen LogP contribution in [0.2, 0.25) is 0 Å². The molecule has 0 radical (unpaired) electrons. The Morgan fingerprint density at radius 3 is 2.00 bits per heavy atom. The number of rotatable bonds is 7. The Kier molecular flexibility index (Phi) is 6.65. The van der Waals surface area contributed by atoms with E-state index in [4.69, 9.17) is 10.5 Å². The second kappa shape index (κ2) is 7.17. The number of Topliss-reactive ketones (excluding diaryl/α,β-unsaturated/α-hetero) is 2.